The van der Waals surface area contributed by atoms with E-state index in [0.717, 1.165) is 26.9 Å². The maximum absolute atomic E-state index is 12.7. The van der Waals surface area contributed by atoms with Crippen LogP contribution in [0.25, 0.3) is 5.69 Å². The lowest BCUT2D eigenvalue weighted by Gasteiger charge is -2.14. The number of aromatic nitrogens is 5. The van der Waals surface area contributed by atoms with Gasteiger partial charge in [0.15, 0.2) is 15.3 Å². The summed E-state index contributed by atoms with van der Waals surface area (Å²) in [5.74, 6) is 0.725. The van der Waals surface area contributed by atoms with Crippen molar-refractivity contribution in [3.63, 3.8) is 0 Å². The average Bonchev–Trinajstić information content (AvgIpc) is 3.54. The van der Waals surface area contributed by atoms with Gasteiger partial charge in [-0.1, -0.05) is 53.9 Å². The Balaban J connectivity index is 1.50. The number of aryl methyl sites for hydroxylation is 1. The summed E-state index contributed by atoms with van der Waals surface area (Å²) in [6, 6.07) is 11.2. The first-order valence-electron chi connectivity index (χ1n) is 11.7. The van der Waals surface area contributed by atoms with Crippen molar-refractivity contribution in [2.75, 3.05) is 16.8 Å². The Morgan fingerprint density at radius 2 is 1.82 bits per heavy atom. The molecule has 202 valence electrons. The standard InChI is InChI=1S/C24H24N8O4S3/c1-4-37-24-30-28-22(39-24)26-20(33)13-38-23-29-27-19(31(23)18-7-5-6-14(2)15(18)3)12-25-21(34)16-8-10-17(11-9-16)32(35)36/h5-11H,4,12-13H2,1-3H3,(H,25,34)(H,26,28,33). The van der Waals surface area contributed by atoms with E-state index in [2.05, 4.69) is 31.0 Å². The summed E-state index contributed by atoms with van der Waals surface area (Å²) in [7, 11) is 0. The number of amides is 2. The fourth-order valence-electron chi connectivity index (χ4n) is 3.45. The number of thioether (sulfide) groups is 2. The minimum atomic E-state index is -0.523. The molecule has 4 aromatic rings. The van der Waals surface area contributed by atoms with Crippen molar-refractivity contribution in [2.45, 2.75) is 36.8 Å². The normalized spacial score (nSPS) is 10.8. The van der Waals surface area contributed by atoms with Crippen LogP contribution >= 0.6 is 34.9 Å². The van der Waals surface area contributed by atoms with Gasteiger partial charge < -0.3 is 5.32 Å². The Labute approximate surface area is 236 Å². The quantitative estimate of drug-likeness (QED) is 0.112. The van der Waals surface area contributed by atoms with E-state index in [4.69, 9.17) is 0 Å². The summed E-state index contributed by atoms with van der Waals surface area (Å²) in [6.45, 7) is 6.03. The Kier molecular flexibility index (Phi) is 9.27. The fourth-order valence-corrected chi connectivity index (χ4v) is 5.88. The van der Waals surface area contributed by atoms with E-state index in [1.807, 2.05) is 43.5 Å². The van der Waals surface area contributed by atoms with Crippen molar-refractivity contribution in [2.24, 2.45) is 0 Å². The molecule has 0 aliphatic carbocycles. The molecular formula is C24H24N8O4S3. The van der Waals surface area contributed by atoms with Crippen LogP contribution in [0.2, 0.25) is 0 Å². The molecule has 2 aromatic carbocycles. The zero-order valence-electron chi connectivity index (χ0n) is 21.2. The molecule has 0 atom stereocenters. The monoisotopic (exact) mass is 584 g/mol. The molecule has 0 saturated carbocycles. The summed E-state index contributed by atoms with van der Waals surface area (Å²) in [5.41, 5.74) is 3.07. The molecule has 0 saturated heterocycles. The van der Waals surface area contributed by atoms with E-state index in [1.54, 1.807) is 11.8 Å². The van der Waals surface area contributed by atoms with E-state index in [1.165, 1.54) is 47.4 Å². The van der Waals surface area contributed by atoms with Gasteiger partial charge in [0, 0.05) is 17.7 Å². The summed E-state index contributed by atoms with van der Waals surface area (Å²) >= 11 is 4.08. The molecule has 2 amide bonds. The molecule has 39 heavy (non-hydrogen) atoms. The molecule has 2 heterocycles. The topological polar surface area (TPSA) is 158 Å². The summed E-state index contributed by atoms with van der Waals surface area (Å²) in [6.07, 6.45) is 0. The maximum atomic E-state index is 12.7. The Morgan fingerprint density at radius 3 is 2.54 bits per heavy atom. The van der Waals surface area contributed by atoms with Gasteiger partial charge >= 0.3 is 0 Å². The van der Waals surface area contributed by atoms with E-state index < -0.39 is 10.8 Å². The fraction of sp³-hybridized carbons (Fsp3) is 0.250. The molecular weight excluding hydrogens is 561 g/mol. The minimum Gasteiger partial charge on any atom is -0.345 e. The lowest BCUT2D eigenvalue weighted by Crippen LogP contribution is -2.24. The van der Waals surface area contributed by atoms with Crippen LogP contribution in [0, 0.1) is 24.0 Å². The van der Waals surface area contributed by atoms with Crippen molar-refractivity contribution in [1.29, 1.82) is 0 Å². The molecule has 4 rings (SSSR count). The second-order valence-electron chi connectivity index (χ2n) is 8.08. The maximum Gasteiger partial charge on any atom is 0.269 e. The number of benzene rings is 2. The molecule has 0 aliphatic heterocycles. The first-order chi connectivity index (χ1) is 18.8. The number of carbonyl (C=O) groups excluding carboxylic acids is 2. The van der Waals surface area contributed by atoms with Crippen molar-refractivity contribution in [1.82, 2.24) is 30.3 Å². The first kappa shape index (κ1) is 28.2. The first-order valence-corrected chi connectivity index (χ1v) is 14.5. The van der Waals surface area contributed by atoms with Crippen LogP contribution in [0.3, 0.4) is 0 Å². The highest BCUT2D eigenvalue weighted by Crippen LogP contribution is 2.27. The van der Waals surface area contributed by atoms with Crippen molar-refractivity contribution >= 4 is 57.5 Å². The van der Waals surface area contributed by atoms with Gasteiger partial charge in [-0.2, -0.15) is 0 Å². The minimum absolute atomic E-state index is 0.0472. The number of nitrogens with one attached hydrogen (secondary N) is 2. The lowest BCUT2D eigenvalue weighted by molar-refractivity contribution is -0.384. The summed E-state index contributed by atoms with van der Waals surface area (Å²) < 4.78 is 2.60. The molecule has 2 aromatic heterocycles. The zero-order valence-corrected chi connectivity index (χ0v) is 23.7. The van der Waals surface area contributed by atoms with Crippen LogP contribution < -0.4 is 10.6 Å². The zero-order chi connectivity index (χ0) is 27.9. The number of rotatable bonds is 11. The number of non-ortho nitro benzene ring substituents is 1. The predicted octanol–water partition coefficient (Wildman–Crippen LogP) is 4.42. The van der Waals surface area contributed by atoms with Crippen LogP contribution in [-0.2, 0) is 11.3 Å². The van der Waals surface area contributed by atoms with E-state index in [0.29, 0.717) is 16.1 Å². The molecule has 2 N–H and O–H groups in total. The van der Waals surface area contributed by atoms with Gasteiger partial charge in [0.25, 0.3) is 11.6 Å². The van der Waals surface area contributed by atoms with Crippen molar-refractivity contribution < 1.29 is 14.5 Å². The van der Waals surface area contributed by atoms with Crippen molar-refractivity contribution in [3.8, 4) is 5.69 Å². The van der Waals surface area contributed by atoms with Gasteiger partial charge in [-0.25, -0.2) is 0 Å². The van der Waals surface area contributed by atoms with Gasteiger partial charge in [-0.3, -0.25) is 29.6 Å². The highest BCUT2D eigenvalue weighted by atomic mass is 32.2. The second-order valence-corrected chi connectivity index (χ2v) is 11.5. The van der Waals surface area contributed by atoms with Crippen LogP contribution in [-0.4, -0.2) is 53.2 Å². The number of nitro groups is 1. The number of hydrogen-bond donors (Lipinski definition) is 2. The lowest BCUT2D eigenvalue weighted by atomic mass is 10.1. The van der Waals surface area contributed by atoms with Crippen LogP contribution in [0.15, 0.2) is 52.0 Å². The average molecular weight is 585 g/mol. The number of anilines is 1. The Morgan fingerprint density at radius 1 is 1.05 bits per heavy atom. The van der Waals surface area contributed by atoms with Gasteiger partial charge in [0.05, 0.1) is 22.9 Å². The van der Waals surface area contributed by atoms with Crippen LogP contribution in [0.5, 0.6) is 0 Å². The van der Waals surface area contributed by atoms with Gasteiger partial charge in [-0.15, -0.1) is 20.4 Å². The molecule has 0 spiro atoms. The third-order valence-electron chi connectivity index (χ3n) is 5.52. The Bertz CT molecular complexity index is 1500. The molecule has 0 fully saturated rings. The van der Waals surface area contributed by atoms with Gasteiger partial charge in [0.2, 0.25) is 11.0 Å². The third-order valence-corrected chi connectivity index (χ3v) is 8.30. The van der Waals surface area contributed by atoms with Gasteiger partial charge in [0.1, 0.15) is 0 Å². The molecule has 0 bridgehead atoms. The predicted molar refractivity (Wildman–Crippen MR) is 151 cm³/mol. The van der Waals surface area contributed by atoms with Crippen LogP contribution in [0.1, 0.15) is 34.2 Å². The molecule has 0 unspecified atom stereocenters. The number of hydrogen-bond acceptors (Lipinski definition) is 11. The summed E-state index contributed by atoms with van der Waals surface area (Å²) in [5, 5.41) is 34.0. The largest absolute Gasteiger partial charge is 0.345 e. The highest BCUT2D eigenvalue weighted by Gasteiger charge is 2.19. The second kappa shape index (κ2) is 12.8. The van der Waals surface area contributed by atoms with Gasteiger partial charge in [-0.05, 0) is 48.9 Å². The summed E-state index contributed by atoms with van der Waals surface area (Å²) in [4.78, 5) is 35.7. The molecule has 15 heteroatoms. The number of nitrogens with zero attached hydrogens (tertiary/aromatic N) is 6. The SMILES string of the molecule is CCSc1nnc(NC(=O)CSc2nnc(CNC(=O)c3ccc([N+](=O)[O-])cc3)n2-c2cccc(C)c2C)s1. The highest BCUT2D eigenvalue weighted by molar-refractivity contribution is 8.01. The molecule has 0 radical (unpaired) electrons. The third kappa shape index (κ3) is 6.99. The smallest absolute Gasteiger partial charge is 0.269 e. The molecule has 12 nitrogen and oxygen atoms in total. The van der Waals surface area contributed by atoms with E-state index in [9.17, 15) is 19.7 Å². The number of carbonyl (C=O) groups is 2. The van der Waals surface area contributed by atoms with E-state index in [-0.39, 0.29) is 29.5 Å². The molecule has 0 aliphatic rings. The number of nitro benzene ring substituents is 1. The Hall–Kier alpha value is -3.82. The van der Waals surface area contributed by atoms with E-state index >= 15 is 0 Å². The van der Waals surface area contributed by atoms with Crippen LogP contribution in [0.4, 0.5) is 10.8 Å². The van der Waals surface area contributed by atoms with Crippen molar-refractivity contribution in [3.05, 3.63) is 75.1 Å².